The lowest BCUT2D eigenvalue weighted by molar-refractivity contribution is -0.0440. The number of carbonyl (C=O) groups is 1. The topological polar surface area (TPSA) is 148 Å². The van der Waals surface area contributed by atoms with Crippen molar-refractivity contribution in [1.29, 1.82) is 0 Å². The van der Waals surface area contributed by atoms with Crippen LogP contribution in [0.2, 0.25) is 0 Å². The highest BCUT2D eigenvalue weighted by Crippen LogP contribution is 2.32. The van der Waals surface area contributed by atoms with Gasteiger partial charge >= 0.3 is 0 Å². The van der Waals surface area contributed by atoms with Crippen molar-refractivity contribution in [2.24, 2.45) is 0 Å². The molecule has 3 heterocycles. The number of halogens is 1. The van der Waals surface area contributed by atoms with E-state index < -0.39 is 31.1 Å². The van der Waals surface area contributed by atoms with E-state index >= 15 is 0 Å². The number of ether oxygens (including phenoxy) is 1. The van der Waals surface area contributed by atoms with Gasteiger partial charge < -0.3 is 26.0 Å². The SMILES string of the molecule is Nc1ncnc2c1ncn2[C@@H]1O[C@H](CO)[C@@H](O)[C@H]1NC(=O)c1cccc(I)c1. The molecule has 2 aromatic heterocycles. The van der Waals surface area contributed by atoms with E-state index in [4.69, 9.17) is 10.5 Å². The molecule has 146 valence electrons. The standard InChI is InChI=1S/C17H17IN6O4/c18-9-3-1-2-8(4-9)16(27)23-11-13(26)10(5-25)28-17(11)24-7-22-12-14(19)20-6-21-15(12)24/h1-4,6-7,10-11,13,17,25-26H,5H2,(H,23,27)(H2,19,20,21)/t10-,11-,13-,17-/m1/s1. The molecule has 0 bridgehead atoms. The molecular weight excluding hydrogens is 479 g/mol. The first kappa shape index (κ1) is 19.0. The fourth-order valence-corrected chi connectivity index (χ4v) is 3.75. The Kier molecular flexibility index (Phi) is 5.14. The summed E-state index contributed by atoms with van der Waals surface area (Å²) >= 11 is 2.12. The molecule has 1 fully saturated rings. The third kappa shape index (κ3) is 3.30. The summed E-state index contributed by atoms with van der Waals surface area (Å²) in [5, 5.41) is 23.0. The maximum atomic E-state index is 12.7. The number of carbonyl (C=O) groups excluding carboxylic acids is 1. The van der Waals surface area contributed by atoms with E-state index in [1.54, 1.807) is 22.8 Å². The molecule has 28 heavy (non-hydrogen) atoms. The highest BCUT2D eigenvalue weighted by molar-refractivity contribution is 14.1. The highest BCUT2D eigenvalue weighted by Gasteiger charge is 2.45. The van der Waals surface area contributed by atoms with Crippen LogP contribution in [0.3, 0.4) is 0 Å². The first-order valence-electron chi connectivity index (χ1n) is 8.43. The molecule has 3 aromatic rings. The number of aromatic nitrogens is 4. The molecule has 1 aliphatic rings. The number of nitrogens with two attached hydrogens (primary N) is 1. The van der Waals surface area contributed by atoms with Crippen LogP contribution in [0, 0.1) is 3.57 Å². The molecular formula is C17H17IN6O4. The highest BCUT2D eigenvalue weighted by atomic mass is 127. The summed E-state index contributed by atoms with van der Waals surface area (Å²) in [5.74, 6) is -0.159. The van der Waals surface area contributed by atoms with Crippen LogP contribution >= 0.6 is 22.6 Å². The molecule has 1 aromatic carbocycles. The summed E-state index contributed by atoms with van der Waals surface area (Å²) in [7, 11) is 0. The van der Waals surface area contributed by atoms with Crippen LogP contribution in [-0.4, -0.2) is 60.5 Å². The number of aliphatic hydroxyl groups excluding tert-OH is 2. The van der Waals surface area contributed by atoms with Crippen LogP contribution in [0.5, 0.6) is 0 Å². The molecule has 4 rings (SSSR count). The molecule has 4 atom stereocenters. The number of nitrogens with zero attached hydrogens (tertiary/aromatic N) is 4. The van der Waals surface area contributed by atoms with Gasteiger partial charge in [-0.15, -0.1) is 0 Å². The summed E-state index contributed by atoms with van der Waals surface area (Å²) in [4.78, 5) is 25.0. The smallest absolute Gasteiger partial charge is 0.251 e. The van der Waals surface area contributed by atoms with Gasteiger partial charge in [-0.25, -0.2) is 15.0 Å². The van der Waals surface area contributed by atoms with Gasteiger partial charge in [0.25, 0.3) is 5.91 Å². The number of aliphatic hydroxyl groups is 2. The number of nitrogens with one attached hydrogen (secondary N) is 1. The third-order valence-electron chi connectivity index (χ3n) is 4.60. The second kappa shape index (κ2) is 7.58. The predicted molar refractivity (Wildman–Crippen MR) is 107 cm³/mol. The fraction of sp³-hybridized carbons (Fsp3) is 0.294. The van der Waals surface area contributed by atoms with Crippen LogP contribution in [0.4, 0.5) is 5.82 Å². The average Bonchev–Trinajstić information content (AvgIpc) is 3.24. The van der Waals surface area contributed by atoms with E-state index in [9.17, 15) is 15.0 Å². The Bertz CT molecular complexity index is 1030. The maximum absolute atomic E-state index is 12.7. The third-order valence-corrected chi connectivity index (χ3v) is 5.27. The zero-order valence-corrected chi connectivity index (χ0v) is 16.6. The monoisotopic (exact) mass is 496 g/mol. The molecule has 10 nitrogen and oxygen atoms in total. The Labute approximate surface area is 172 Å². The molecule has 0 unspecified atom stereocenters. The minimum Gasteiger partial charge on any atom is -0.394 e. The van der Waals surface area contributed by atoms with Gasteiger partial charge in [-0.3, -0.25) is 9.36 Å². The molecule has 1 saturated heterocycles. The number of hydrogen-bond donors (Lipinski definition) is 4. The lowest BCUT2D eigenvalue weighted by Crippen LogP contribution is -2.46. The van der Waals surface area contributed by atoms with E-state index in [2.05, 4.69) is 42.9 Å². The van der Waals surface area contributed by atoms with Crippen molar-refractivity contribution in [2.75, 3.05) is 12.3 Å². The molecule has 11 heteroatoms. The second-order valence-corrected chi connectivity index (χ2v) is 7.58. The van der Waals surface area contributed by atoms with Gasteiger partial charge in [0.2, 0.25) is 0 Å². The fourth-order valence-electron chi connectivity index (χ4n) is 3.21. The minimum atomic E-state index is -1.13. The van der Waals surface area contributed by atoms with Gasteiger partial charge in [0.05, 0.1) is 12.9 Å². The van der Waals surface area contributed by atoms with Crippen molar-refractivity contribution >= 4 is 45.5 Å². The van der Waals surface area contributed by atoms with Crippen LogP contribution in [0.25, 0.3) is 11.2 Å². The zero-order chi connectivity index (χ0) is 19.8. The first-order chi connectivity index (χ1) is 13.5. The van der Waals surface area contributed by atoms with Crippen LogP contribution in [0.15, 0.2) is 36.9 Å². The van der Waals surface area contributed by atoms with E-state index in [1.807, 2.05) is 6.07 Å². The van der Waals surface area contributed by atoms with Crippen molar-refractivity contribution in [1.82, 2.24) is 24.8 Å². The number of anilines is 1. The summed E-state index contributed by atoms with van der Waals surface area (Å²) in [6.07, 6.45) is -0.0822. The van der Waals surface area contributed by atoms with E-state index in [1.165, 1.54) is 12.7 Å². The molecule has 1 amide bonds. The average molecular weight is 496 g/mol. The van der Waals surface area contributed by atoms with Crippen LogP contribution < -0.4 is 11.1 Å². The van der Waals surface area contributed by atoms with Crippen molar-refractivity contribution in [3.63, 3.8) is 0 Å². The molecule has 0 radical (unpaired) electrons. The van der Waals surface area contributed by atoms with Crippen molar-refractivity contribution in [3.05, 3.63) is 46.1 Å². The van der Waals surface area contributed by atoms with Crippen molar-refractivity contribution in [2.45, 2.75) is 24.5 Å². The Hall–Kier alpha value is -2.35. The Morgan fingerprint density at radius 2 is 2.18 bits per heavy atom. The van der Waals surface area contributed by atoms with Gasteiger partial charge in [-0.1, -0.05) is 6.07 Å². The second-order valence-electron chi connectivity index (χ2n) is 6.33. The maximum Gasteiger partial charge on any atom is 0.251 e. The van der Waals surface area contributed by atoms with Crippen molar-refractivity contribution < 1.29 is 19.7 Å². The summed E-state index contributed by atoms with van der Waals surface area (Å²) in [6, 6.07) is 6.22. The van der Waals surface area contributed by atoms with Gasteiger partial charge in [-0.2, -0.15) is 0 Å². The molecule has 5 N–H and O–H groups in total. The van der Waals surface area contributed by atoms with Gasteiger partial charge in [-0.05, 0) is 40.8 Å². The molecule has 1 aliphatic heterocycles. The Morgan fingerprint density at radius 3 is 2.93 bits per heavy atom. The molecule has 0 spiro atoms. The Morgan fingerprint density at radius 1 is 1.36 bits per heavy atom. The van der Waals surface area contributed by atoms with Gasteiger partial charge in [0.15, 0.2) is 17.7 Å². The summed E-state index contributed by atoms with van der Waals surface area (Å²) < 4.78 is 8.26. The first-order valence-corrected chi connectivity index (χ1v) is 9.51. The lowest BCUT2D eigenvalue weighted by Gasteiger charge is -2.23. The number of amides is 1. The number of hydrogen-bond acceptors (Lipinski definition) is 8. The van der Waals surface area contributed by atoms with Gasteiger partial charge in [0, 0.05) is 9.13 Å². The quantitative estimate of drug-likeness (QED) is 0.371. The number of rotatable bonds is 4. The summed E-state index contributed by atoms with van der Waals surface area (Å²) in [5.41, 5.74) is 7.06. The zero-order valence-electron chi connectivity index (χ0n) is 14.4. The van der Waals surface area contributed by atoms with Crippen LogP contribution in [0.1, 0.15) is 16.6 Å². The van der Waals surface area contributed by atoms with Crippen molar-refractivity contribution in [3.8, 4) is 0 Å². The normalized spacial score (nSPS) is 24.5. The van der Waals surface area contributed by atoms with Gasteiger partial charge in [0.1, 0.15) is 30.1 Å². The summed E-state index contributed by atoms with van der Waals surface area (Å²) in [6.45, 7) is -0.406. The van der Waals surface area contributed by atoms with E-state index in [-0.39, 0.29) is 11.7 Å². The molecule has 0 aliphatic carbocycles. The number of fused-ring (bicyclic) bond motifs is 1. The minimum absolute atomic E-state index is 0.209. The van der Waals surface area contributed by atoms with E-state index in [0.29, 0.717) is 16.7 Å². The van der Waals surface area contributed by atoms with Crippen LogP contribution in [-0.2, 0) is 4.74 Å². The molecule has 0 saturated carbocycles. The predicted octanol–water partition coefficient (Wildman–Crippen LogP) is 0.0623. The lowest BCUT2D eigenvalue weighted by atomic mass is 10.1. The van der Waals surface area contributed by atoms with E-state index in [0.717, 1.165) is 3.57 Å². The Balaban J connectivity index is 1.68. The number of benzene rings is 1. The largest absolute Gasteiger partial charge is 0.394 e. The number of imidazole rings is 1. The number of nitrogen functional groups attached to an aromatic ring is 1.